The Morgan fingerprint density at radius 3 is 2.51 bits per heavy atom. The third kappa shape index (κ3) is 4.85. The summed E-state index contributed by atoms with van der Waals surface area (Å²) in [5.41, 5.74) is -0.501. The maximum Gasteiger partial charge on any atom is 0.311 e. The number of likely N-dealkylation sites (tertiary alicyclic amines) is 1. The molecule has 0 aromatic carbocycles. The first-order valence-electron chi connectivity index (χ1n) is 12.3. The highest BCUT2D eigenvalue weighted by atomic mass is 79.9. The lowest BCUT2D eigenvalue weighted by molar-refractivity contribution is -0.153. The molecule has 7 nitrogen and oxygen atoms in total. The molecule has 35 heavy (non-hydrogen) atoms. The first kappa shape index (κ1) is 28.3. The van der Waals surface area contributed by atoms with Crippen molar-refractivity contribution in [2.45, 2.75) is 79.9 Å². The minimum atomic E-state index is -0.790. The van der Waals surface area contributed by atoms with Crippen molar-refractivity contribution < 1.29 is 24.2 Å². The van der Waals surface area contributed by atoms with E-state index < -0.39 is 40.2 Å². The van der Waals surface area contributed by atoms with Gasteiger partial charge in [-0.15, -0.1) is 18.3 Å². The molecule has 3 heterocycles. The van der Waals surface area contributed by atoms with Crippen molar-refractivity contribution in [2.75, 3.05) is 19.8 Å². The van der Waals surface area contributed by atoms with E-state index in [9.17, 15) is 19.5 Å². The zero-order chi connectivity index (χ0) is 26.3. The van der Waals surface area contributed by atoms with Gasteiger partial charge in [0.2, 0.25) is 11.8 Å². The number of fused-ring (bicyclic) bond motifs is 1. The molecule has 3 rings (SSSR count). The molecule has 3 unspecified atom stereocenters. The summed E-state index contributed by atoms with van der Waals surface area (Å²) in [4.78, 5) is 45.1. The Kier molecular flexibility index (Phi) is 8.54. The predicted molar refractivity (Wildman–Crippen MR) is 142 cm³/mol. The minimum absolute atomic E-state index is 0.0340. The number of aliphatic hydroxyl groups is 1. The second kappa shape index (κ2) is 10.6. The highest BCUT2D eigenvalue weighted by molar-refractivity contribution is 9.09. The number of rotatable bonds is 10. The number of nitrogens with zero attached hydrogens (tertiary/aromatic N) is 2. The standard InChI is InChI=1S/C26H39BrN2O5S/c1-8-10-28(25(5,6)7)23(32)21-26-13-17(27)20(35-26)18(24(33)34-11-9-2)19(26)22(31)29(21)16(14-30)12-15(3)4/h8-9,15-21,30H,1-2,10-14H2,3-7H3/t16-,17?,18+,19+,20+,21?,26?/m1/s1. The second-order valence-corrected chi connectivity index (χ2v) is 13.9. The number of halogens is 1. The van der Waals surface area contributed by atoms with Gasteiger partial charge in [0.05, 0.1) is 29.2 Å². The lowest BCUT2D eigenvalue weighted by atomic mass is 9.71. The van der Waals surface area contributed by atoms with Crippen molar-refractivity contribution in [2.24, 2.45) is 17.8 Å². The first-order valence-corrected chi connectivity index (χ1v) is 14.1. The van der Waals surface area contributed by atoms with Crippen LogP contribution < -0.4 is 0 Å². The number of hydrogen-bond acceptors (Lipinski definition) is 6. The summed E-state index contributed by atoms with van der Waals surface area (Å²) in [6, 6.07) is -1.30. The lowest BCUT2D eigenvalue weighted by Gasteiger charge is -2.44. The monoisotopic (exact) mass is 570 g/mol. The molecule has 1 N–H and O–H groups in total. The molecule has 0 aromatic rings. The molecule has 196 valence electrons. The van der Waals surface area contributed by atoms with Gasteiger partial charge < -0.3 is 19.6 Å². The lowest BCUT2D eigenvalue weighted by Crippen LogP contribution is -2.61. The fraction of sp³-hybridized carbons (Fsp3) is 0.731. The normalized spacial score (nSPS) is 32.5. The van der Waals surface area contributed by atoms with Gasteiger partial charge in [0.25, 0.3) is 0 Å². The van der Waals surface area contributed by atoms with Gasteiger partial charge in [-0.2, -0.15) is 0 Å². The summed E-state index contributed by atoms with van der Waals surface area (Å²) in [5, 5.41) is 10.2. The van der Waals surface area contributed by atoms with E-state index >= 15 is 0 Å². The van der Waals surface area contributed by atoms with Gasteiger partial charge >= 0.3 is 5.97 Å². The highest BCUT2D eigenvalue weighted by Gasteiger charge is 2.76. The Labute approximate surface area is 221 Å². The van der Waals surface area contributed by atoms with E-state index in [-0.39, 0.29) is 41.0 Å². The Morgan fingerprint density at radius 2 is 2.00 bits per heavy atom. The number of carbonyl (C=O) groups excluding carboxylic acids is 3. The molecule has 3 aliphatic rings. The molecule has 2 amide bonds. The number of alkyl halides is 1. The number of thioether (sulfide) groups is 1. The molecule has 0 radical (unpaired) electrons. The van der Waals surface area contributed by atoms with E-state index in [0.29, 0.717) is 19.4 Å². The van der Waals surface area contributed by atoms with Crippen LogP contribution in [0.2, 0.25) is 0 Å². The van der Waals surface area contributed by atoms with Gasteiger partial charge in [0, 0.05) is 22.2 Å². The third-order valence-electron chi connectivity index (χ3n) is 7.31. The van der Waals surface area contributed by atoms with E-state index in [2.05, 4.69) is 29.1 Å². The second-order valence-electron chi connectivity index (χ2n) is 11.2. The van der Waals surface area contributed by atoms with Crippen LogP contribution in [-0.4, -0.2) is 84.9 Å². The van der Waals surface area contributed by atoms with E-state index in [1.807, 2.05) is 34.6 Å². The molecule has 0 aromatic heterocycles. The summed E-state index contributed by atoms with van der Waals surface area (Å²) >= 11 is 5.33. The number of amides is 2. The van der Waals surface area contributed by atoms with E-state index in [1.54, 1.807) is 27.6 Å². The number of ether oxygens (including phenoxy) is 1. The quantitative estimate of drug-likeness (QED) is 0.246. The van der Waals surface area contributed by atoms with Crippen molar-refractivity contribution >= 4 is 45.5 Å². The summed E-state index contributed by atoms with van der Waals surface area (Å²) in [5.74, 6) is -1.95. The van der Waals surface area contributed by atoms with Crippen molar-refractivity contribution in [1.29, 1.82) is 0 Å². The summed E-state index contributed by atoms with van der Waals surface area (Å²) in [6.45, 7) is 17.6. The fourth-order valence-corrected chi connectivity index (χ4v) is 9.62. The number of carbonyl (C=O) groups is 3. The van der Waals surface area contributed by atoms with Crippen LogP contribution in [-0.2, 0) is 19.1 Å². The molecule has 2 bridgehead atoms. The minimum Gasteiger partial charge on any atom is -0.461 e. The first-order chi connectivity index (χ1) is 16.3. The predicted octanol–water partition coefficient (Wildman–Crippen LogP) is 3.40. The van der Waals surface area contributed by atoms with Gasteiger partial charge in [0.15, 0.2) is 0 Å². The van der Waals surface area contributed by atoms with Crippen LogP contribution in [0.3, 0.4) is 0 Å². The zero-order valence-corrected chi connectivity index (χ0v) is 23.8. The van der Waals surface area contributed by atoms with Crippen molar-refractivity contribution in [3.05, 3.63) is 25.3 Å². The van der Waals surface area contributed by atoms with Crippen LogP contribution in [0.5, 0.6) is 0 Å². The van der Waals surface area contributed by atoms with Crippen LogP contribution in [0.1, 0.15) is 47.5 Å². The smallest absolute Gasteiger partial charge is 0.311 e. The van der Waals surface area contributed by atoms with Crippen molar-refractivity contribution in [3.63, 3.8) is 0 Å². The van der Waals surface area contributed by atoms with Gasteiger partial charge in [-0.05, 0) is 39.5 Å². The Balaban J connectivity index is 2.15. The zero-order valence-electron chi connectivity index (χ0n) is 21.4. The average molecular weight is 572 g/mol. The molecule has 7 atom stereocenters. The summed E-state index contributed by atoms with van der Waals surface area (Å²) < 4.78 is 4.65. The molecule has 3 fully saturated rings. The van der Waals surface area contributed by atoms with Crippen molar-refractivity contribution in [3.8, 4) is 0 Å². The van der Waals surface area contributed by atoms with E-state index in [0.717, 1.165) is 0 Å². The molecule has 1 spiro atoms. The summed E-state index contributed by atoms with van der Waals surface area (Å²) in [7, 11) is 0. The number of aliphatic hydroxyl groups excluding tert-OH is 1. The fourth-order valence-electron chi connectivity index (χ4n) is 6.04. The molecule has 0 aliphatic carbocycles. The van der Waals surface area contributed by atoms with E-state index in [4.69, 9.17) is 4.74 Å². The Hall–Kier alpha value is -1.32. The van der Waals surface area contributed by atoms with E-state index in [1.165, 1.54) is 6.08 Å². The highest BCUT2D eigenvalue weighted by Crippen LogP contribution is 2.68. The maximum atomic E-state index is 14.4. The van der Waals surface area contributed by atoms with Crippen molar-refractivity contribution in [1.82, 2.24) is 9.80 Å². The Morgan fingerprint density at radius 1 is 1.34 bits per heavy atom. The average Bonchev–Trinajstić information content (AvgIpc) is 3.36. The Bertz CT molecular complexity index is 874. The number of esters is 1. The molecular weight excluding hydrogens is 532 g/mol. The number of hydrogen-bond donors (Lipinski definition) is 1. The molecule has 9 heteroatoms. The van der Waals surface area contributed by atoms with Crippen LogP contribution >= 0.6 is 27.7 Å². The molecular formula is C26H39BrN2O5S. The van der Waals surface area contributed by atoms with Crippen LogP contribution in [0.25, 0.3) is 0 Å². The third-order valence-corrected chi connectivity index (χ3v) is 10.5. The SMILES string of the molecule is C=CCOC(=O)[C@H]1[C@H]2C(=O)N([C@@H](CO)CC(C)C)C(C(=O)N(CC=C)C(C)(C)C)C23CC(Br)[C@@H]1S3. The van der Waals surface area contributed by atoms with Gasteiger partial charge in [-0.1, -0.05) is 48.5 Å². The van der Waals surface area contributed by atoms with Gasteiger partial charge in [-0.25, -0.2) is 0 Å². The van der Waals surface area contributed by atoms with Gasteiger partial charge in [0.1, 0.15) is 12.6 Å². The van der Waals surface area contributed by atoms with Crippen LogP contribution in [0, 0.1) is 17.8 Å². The molecule has 3 aliphatic heterocycles. The largest absolute Gasteiger partial charge is 0.461 e. The summed E-state index contributed by atoms with van der Waals surface area (Å²) in [6.07, 6.45) is 4.35. The van der Waals surface area contributed by atoms with Crippen LogP contribution in [0.15, 0.2) is 25.3 Å². The molecule has 3 saturated heterocycles. The van der Waals surface area contributed by atoms with Gasteiger partial charge in [-0.3, -0.25) is 14.4 Å². The molecule has 0 saturated carbocycles. The topological polar surface area (TPSA) is 87.1 Å². The van der Waals surface area contributed by atoms with Crippen LogP contribution in [0.4, 0.5) is 0 Å². The maximum absolute atomic E-state index is 14.4.